The van der Waals surface area contributed by atoms with Crippen LogP contribution in [0, 0.1) is 6.92 Å². The topological polar surface area (TPSA) is 47.2 Å². The third kappa shape index (κ3) is 2.20. The summed E-state index contributed by atoms with van der Waals surface area (Å²) in [6.07, 6.45) is 3.14. The van der Waals surface area contributed by atoms with Crippen molar-refractivity contribution in [1.29, 1.82) is 0 Å². The Balaban J connectivity index is 2.07. The van der Waals surface area contributed by atoms with Crippen LogP contribution in [0.25, 0.3) is 10.9 Å². The minimum Gasteiger partial charge on any atom is -0.267 e. The van der Waals surface area contributed by atoms with Gasteiger partial charge in [-0.3, -0.25) is 4.79 Å². The molecule has 0 radical (unpaired) electrons. The number of fused-ring (bicyclic) bond motifs is 1. The van der Waals surface area contributed by atoms with Crippen molar-refractivity contribution in [2.75, 3.05) is 0 Å². The maximum atomic E-state index is 12.2. The van der Waals surface area contributed by atoms with Gasteiger partial charge in [0, 0.05) is 0 Å². The second-order valence-corrected chi connectivity index (χ2v) is 5.07. The first-order valence-electron chi connectivity index (χ1n) is 5.80. The van der Waals surface area contributed by atoms with Crippen molar-refractivity contribution in [2.45, 2.75) is 6.92 Å². The molecule has 0 spiro atoms. The van der Waals surface area contributed by atoms with Gasteiger partial charge in [-0.1, -0.05) is 12.1 Å². The number of hydrogen-bond donors (Lipinski definition) is 0. The normalized spacial score (nSPS) is 11.4. The summed E-state index contributed by atoms with van der Waals surface area (Å²) in [7, 11) is 0. The minimum atomic E-state index is -0.156. The van der Waals surface area contributed by atoms with Crippen LogP contribution < -0.4 is 5.56 Å². The Kier molecular flexibility index (Phi) is 2.97. The monoisotopic (exact) mass is 269 g/mol. The molecular formula is C14H11N3OS. The first-order valence-corrected chi connectivity index (χ1v) is 6.68. The van der Waals surface area contributed by atoms with Gasteiger partial charge in [-0.2, -0.15) is 9.78 Å². The predicted molar refractivity (Wildman–Crippen MR) is 78.1 cm³/mol. The van der Waals surface area contributed by atoms with Gasteiger partial charge in [-0.25, -0.2) is 4.98 Å². The summed E-state index contributed by atoms with van der Waals surface area (Å²) in [6.45, 7) is 2.01. The largest absolute Gasteiger partial charge is 0.281 e. The summed E-state index contributed by atoms with van der Waals surface area (Å²) in [4.78, 5) is 17.4. The van der Waals surface area contributed by atoms with E-state index in [9.17, 15) is 4.79 Å². The molecule has 0 saturated heterocycles. The van der Waals surface area contributed by atoms with Crippen LogP contribution in [0.5, 0.6) is 0 Å². The molecule has 4 nitrogen and oxygen atoms in total. The van der Waals surface area contributed by atoms with Crippen LogP contribution in [-0.4, -0.2) is 15.9 Å². The highest BCUT2D eigenvalue weighted by atomic mass is 32.1. The second kappa shape index (κ2) is 4.78. The van der Waals surface area contributed by atoms with Gasteiger partial charge in [-0.15, -0.1) is 11.3 Å². The van der Waals surface area contributed by atoms with Crippen LogP contribution in [0.2, 0.25) is 0 Å². The fraction of sp³-hybridized carbons (Fsp3) is 0.0714. The molecule has 1 aromatic carbocycles. The Morgan fingerprint density at radius 3 is 2.95 bits per heavy atom. The van der Waals surface area contributed by atoms with E-state index in [1.165, 1.54) is 11.0 Å². The van der Waals surface area contributed by atoms with Crippen LogP contribution in [0.1, 0.15) is 10.4 Å². The molecule has 0 aliphatic rings. The Morgan fingerprint density at radius 1 is 1.32 bits per heavy atom. The van der Waals surface area contributed by atoms with Crippen LogP contribution >= 0.6 is 11.3 Å². The molecule has 0 fully saturated rings. The molecule has 3 aromatic rings. The van der Waals surface area contributed by atoms with Crippen molar-refractivity contribution in [3.63, 3.8) is 0 Å². The maximum Gasteiger partial charge on any atom is 0.281 e. The van der Waals surface area contributed by atoms with Crippen LogP contribution in [-0.2, 0) is 0 Å². The van der Waals surface area contributed by atoms with Gasteiger partial charge in [-0.05, 0) is 36.1 Å². The number of rotatable bonds is 2. The highest BCUT2D eigenvalue weighted by Crippen LogP contribution is 2.12. The summed E-state index contributed by atoms with van der Waals surface area (Å²) in [5.74, 6) is 0. The Hall–Kier alpha value is -2.27. The van der Waals surface area contributed by atoms with E-state index in [2.05, 4.69) is 10.1 Å². The molecule has 0 aliphatic carbocycles. The predicted octanol–water partition coefficient (Wildman–Crippen LogP) is 2.65. The number of aryl methyl sites for hydroxylation is 1. The molecule has 0 N–H and O–H groups in total. The first-order chi connectivity index (χ1) is 9.25. The number of benzene rings is 1. The lowest BCUT2D eigenvalue weighted by atomic mass is 10.2. The Morgan fingerprint density at radius 2 is 2.16 bits per heavy atom. The van der Waals surface area contributed by atoms with Gasteiger partial charge < -0.3 is 0 Å². The zero-order valence-corrected chi connectivity index (χ0v) is 11.1. The third-order valence-corrected chi connectivity index (χ3v) is 3.80. The van der Waals surface area contributed by atoms with Crippen molar-refractivity contribution < 1.29 is 0 Å². The fourth-order valence-electron chi connectivity index (χ4n) is 1.77. The highest BCUT2D eigenvalue weighted by Gasteiger charge is 2.02. The van der Waals surface area contributed by atoms with E-state index in [0.717, 1.165) is 10.4 Å². The molecule has 19 heavy (non-hydrogen) atoms. The molecule has 5 heteroatoms. The Labute approximate surface area is 113 Å². The van der Waals surface area contributed by atoms with E-state index < -0.39 is 0 Å². The summed E-state index contributed by atoms with van der Waals surface area (Å²) in [5, 5.41) is 6.76. The third-order valence-electron chi connectivity index (χ3n) is 2.85. The lowest BCUT2D eigenvalue weighted by Gasteiger charge is -1.99. The SMILES string of the molecule is Cc1ccsc1/C=N/n1cnc2ccccc2c1=O. The van der Waals surface area contributed by atoms with E-state index >= 15 is 0 Å². The zero-order chi connectivity index (χ0) is 13.2. The number of hydrogen-bond acceptors (Lipinski definition) is 4. The highest BCUT2D eigenvalue weighted by molar-refractivity contribution is 7.11. The number of para-hydroxylation sites is 1. The molecule has 2 aromatic heterocycles. The van der Waals surface area contributed by atoms with Crippen molar-refractivity contribution >= 4 is 28.5 Å². The Bertz CT molecular complexity index is 817. The van der Waals surface area contributed by atoms with Crippen molar-refractivity contribution in [3.8, 4) is 0 Å². The van der Waals surface area contributed by atoms with Crippen molar-refractivity contribution in [2.24, 2.45) is 5.10 Å². The molecule has 0 atom stereocenters. The lowest BCUT2D eigenvalue weighted by molar-refractivity contribution is 0.817. The summed E-state index contributed by atoms with van der Waals surface area (Å²) in [5.41, 5.74) is 1.68. The summed E-state index contributed by atoms with van der Waals surface area (Å²) < 4.78 is 1.27. The van der Waals surface area contributed by atoms with E-state index in [1.807, 2.05) is 36.6 Å². The van der Waals surface area contributed by atoms with Crippen LogP contribution in [0.3, 0.4) is 0 Å². The first kappa shape index (κ1) is 11.8. The van der Waals surface area contributed by atoms with Gasteiger partial charge in [0.2, 0.25) is 0 Å². The average molecular weight is 269 g/mol. The van der Waals surface area contributed by atoms with E-state index in [-0.39, 0.29) is 5.56 Å². The van der Waals surface area contributed by atoms with Crippen LogP contribution in [0.4, 0.5) is 0 Å². The van der Waals surface area contributed by atoms with Crippen molar-refractivity contribution in [3.05, 3.63) is 62.8 Å². The van der Waals surface area contributed by atoms with E-state index in [1.54, 1.807) is 23.6 Å². The molecule has 94 valence electrons. The molecule has 0 bridgehead atoms. The molecular weight excluding hydrogens is 258 g/mol. The molecule has 0 amide bonds. The number of aromatic nitrogens is 2. The van der Waals surface area contributed by atoms with Crippen LogP contribution in [0.15, 0.2) is 51.9 Å². The maximum absolute atomic E-state index is 12.2. The molecule has 3 rings (SSSR count). The molecule has 0 aliphatic heterocycles. The lowest BCUT2D eigenvalue weighted by Crippen LogP contribution is -2.16. The number of thiophene rings is 1. The van der Waals surface area contributed by atoms with Crippen molar-refractivity contribution in [1.82, 2.24) is 9.66 Å². The quantitative estimate of drug-likeness (QED) is 0.671. The van der Waals surface area contributed by atoms with E-state index in [0.29, 0.717) is 10.9 Å². The standard InChI is InChI=1S/C14H11N3OS/c1-10-6-7-19-13(10)8-16-17-9-15-12-5-3-2-4-11(12)14(17)18/h2-9H,1H3/b16-8+. The van der Waals surface area contributed by atoms with Gasteiger partial charge in [0.05, 0.1) is 22.0 Å². The van der Waals surface area contributed by atoms with Gasteiger partial charge in [0.15, 0.2) is 0 Å². The minimum absolute atomic E-state index is 0.156. The van der Waals surface area contributed by atoms with E-state index in [4.69, 9.17) is 0 Å². The smallest absolute Gasteiger partial charge is 0.267 e. The van der Waals surface area contributed by atoms with Gasteiger partial charge in [0.1, 0.15) is 6.33 Å². The molecule has 2 heterocycles. The number of nitrogens with zero attached hydrogens (tertiary/aromatic N) is 3. The summed E-state index contributed by atoms with van der Waals surface area (Å²) in [6, 6.07) is 9.27. The zero-order valence-electron chi connectivity index (χ0n) is 10.3. The molecule has 0 saturated carbocycles. The average Bonchev–Trinajstić information content (AvgIpc) is 2.84. The summed E-state index contributed by atoms with van der Waals surface area (Å²) >= 11 is 1.59. The second-order valence-electron chi connectivity index (χ2n) is 4.12. The van der Waals surface area contributed by atoms with Gasteiger partial charge in [0.25, 0.3) is 5.56 Å². The van der Waals surface area contributed by atoms with Gasteiger partial charge >= 0.3 is 0 Å². The molecule has 0 unspecified atom stereocenters. The fourth-order valence-corrected chi connectivity index (χ4v) is 2.55.